The summed E-state index contributed by atoms with van der Waals surface area (Å²) in [7, 11) is 4.76. The quantitative estimate of drug-likeness (QED) is 0.209. The van der Waals surface area contributed by atoms with Crippen LogP contribution in [0.25, 0.3) is 5.57 Å². The zero-order chi connectivity index (χ0) is 26.2. The van der Waals surface area contributed by atoms with Crippen LogP contribution < -0.4 is 5.32 Å². The van der Waals surface area contributed by atoms with Crippen LogP contribution in [0.4, 0.5) is 0 Å². The Bertz CT molecular complexity index is 984. The number of nitrogens with one attached hydrogen (secondary N) is 1. The lowest BCUT2D eigenvalue weighted by atomic mass is 9.96. The third kappa shape index (κ3) is 7.06. The molecule has 0 saturated heterocycles. The molecule has 1 amide bonds. The van der Waals surface area contributed by atoms with E-state index >= 15 is 0 Å². The molecule has 1 N–H and O–H groups in total. The van der Waals surface area contributed by atoms with Crippen LogP contribution >= 0.6 is 11.8 Å². The van der Waals surface area contributed by atoms with Gasteiger partial charge in [-0.05, 0) is 63.0 Å². The number of methoxy groups -OCH3 is 3. The Morgan fingerprint density at radius 3 is 2.46 bits per heavy atom. The lowest BCUT2D eigenvalue weighted by Crippen LogP contribution is -2.43. The molecule has 1 aromatic carbocycles. The minimum Gasteiger partial charge on any atom is -0.493 e. The van der Waals surface area contributed by atoms with Crippen LogP contribution in [0.3, 0.4) is 0 Å². The summed E-state index contributed by atoms with van der Waals surface area (Å²) in [5, 5.41) is 2.89. The minimum absolute atomic E-state index is 0.0816. The Morgan fingerprint density at radius 2 is 1.89 bits per heavy atom. The van der Waals surface area contributed by atoms with Gasteiger partial charge in [0.25, 0.3) is 5.91 Å². The molecule has 1 aromatic rings. The fraction of sp³-hybridized carbons (Fsp3) is 0.519. The summed E-state index contributed by atoms with van der Waals surface area (Å²) in [6, 6.07) is 5.66. The van der Waals surface area contributed by atoms with Gasteiger partial charge in [0.15, 0.2) is 17.3 Å². The van der Waals surface area contributed by atoms with Gasteiger partial charge in [0.1, 0.15) is 6.61 Å². The van der Waals surface area contributed by atoms with Gasteiger partial charge in [-0.25, -0.2) is 0 Å². The summed E-state index contributed by atoms with van der Waals surface area (Å²) < 4.78 is 29.7. The summed E-state index contributed by atoms with van der Waals surface area (Å²) in [6.07, 6.45) is 4.36. The molecule has 1 aliphatic heterocycles. The maximum Gasteiger partial charge on any atom is 0.251 e. The number of hydrogen-bond acceptors (Lipinski definition) is 7. The van der Waals surface area contributed by atoms with E-state index in [1.165, 1.54) is 0 Å². The largest absolute Gasteiger partial charge is 0.493 e. The van der Waals surface area contributed by atoms with E-state index in [1.54, 1.807) is 39.2 Å². The molecule has 0 aromatic heterocycles. The first-order valence-corrected chi connectivity index (χ1v) is 12.9. The maximum absolute atomic E-state index is 12.2. The lowest BCUT2D eigenvalue weighted by Gasteiger charge is -2.37. The molecule has 1 atom stereocenters. The predicted molar refractivity (Wildman–Crippen MR) is 141 cm³/mol. The molecule has 1 unspecified atom stereocenters. The van der Waals surface area contributed by atoms with Crippen LogP contribution in [0.1, 0.15) is 55.6 Å². The standard InChI is InChI=1S/C27H39NO6S/c1-10-22(30-6)24(31-7)23(18(2)19-12-11-13-20-21(19)16-28-25(20)29)33-17-26(3,4)34-27(5,32-8)14-15-35-9/h10-13H,1,14-17H2,2-9H3,(H,28,29)/b23-18-,24-22-. The lowest BCUT2D eigenvalue weighted by molar-refractivity contribution is -0.269. The first kappa shape index (κ1) is 28.8. The van der Waals surface area contributed by atoms with Crippen LogP contribution in [-0.2, 0) is 30.2 Å². The highest BCUT2D eigenvalue weighted by Gasteiger charge is 2.34. The van der Waals surface area contributed by atoms with Crippen molar-refractivity contribution in [3.05, 3.63) is 64.8 Å². The summed E-state index contributed by atoms with van der Waals surface area (Å²) >= 11 is 1.74. The zero-order valence-corrected chi connectivity index (χ0v) is 23.0. The molecular formula is C27H39NO6S. The molecule has 0 radical (unpaired) electrons. The molecule has 0 aliphatic carbocycles. The van der Waals surface area contributed by atoms with Gasteiger partial charge in [-0.2, -0.15) is 11.8 Å². The molecule has 0 fully saturated rings. The van der Waals surface area contributed by atoms with Crippen molar-refractivity contribution in [1.82, 2.24) is 5.32 Å². The van der Waals surface area contributed by atoms with Crippen molar-refractivity contribution in [2.75, 3.05) is 39.9 Å². The number of ether oxygens (including phenoxy) is 5. The molecule has 0 bridgehead atoms. The SMILES string of the molecule is C=C/C(OC)=C(OC)\C(OCC(C)(C)OC(C)(CCSC)OC)=C(/C)c1cccc2c1CNC2=O. The number of thioether (sulfide) groups is 1. The van der Waals surface area contributed by atoms with Crippen molar-refractivity contribution in [3.8, 4) is 0 Å². The molecule has 2 rings (SSSR count). The number of amides is 1. The molecule has 194 valence electrons. The Kier molecular flexibility index (Phi) is 10.3. The van der Waals surface area contributed by atoms with E-state index in [2.05, 4.69) is 18.2 Å². The Hall–Kier alpha value is -2.42. The van der Waals surface area contributed by atoms with E-state index in [-0.39, 0.29) is 12.5 Å². The molecule has 8 heteroatoms. The van der Waals surface area contributed by atoms with Gasteiger partial charge in [0.2, 0.25) is 5.76 Å². The number of allylic oxidation sites excluding steroid dienone is 2. The summed E-state index contributed by atoms with van der Waals surface area (Å²) in [6.45, 7) is 12.3. The number of fused-ring (bicyclic) bond motifs is 1. The molecule has 0 spiro atoms. The Balaban J connectivity index is 2.50. The summed E-state index contributed by atoms with van der Waals surface area (Å²) in [5.41, 5.74) is 2.59. The average Bonchev–Trinajstić information content (AvgIpc) is 3.22. The fourth-order valence-corrected chi connectivity index (χ4v) is 4.56. The highest BCUT2D eigenvalue weighted by molar-refractivity contribution is 7.98. The molecule has 1 aliphatic rings. The second-order valence-electron chi connectivity index (χ2n) is 9.01. The van der Waals surface area contributed by atoms with Gasteiger partial charge in [-0.15, -0.1) is 0 Å². The third-order valence-corrected chi connectivity index (χ3v) is 6.49. The third-order valence-electron chi connectivity index (χ3n) is 5.88. The van der Waals surface area contributed by atoms with Gasteiger partial charge < -0.3 is 29.0 Å². The smallest absolute Gasteiger partial charge is 0.251 e. The monoisotopic (exact) mass is 505 g/mol. The summed E-state index contributed by atoms with van der Waals surface area (Å²) in [4.78, 5) is 12.2. The Labute approximate surface area is 213 Å². The van der Waals surface area contributed by atoms with Crippen molar-refractivity contribution < 1.29 is 28.5 Å². The van der Waals surface area contributed by atoms with Crippen molar-refractivity contribution in [1.29, 1.82) is 0 Å². The highest BCUT2D eigenvalue weighted by Crippen LogP contribution is 2.34. The van der Waals surface area contributed by atoms with Crippen LogP contribution in [0.15, 0.2) is 48.1 Å². The second kappa shape index (κ2) is 12.5. The van der Waals surface area contributed by atoms with Gasteiger partial charge in [-0.1, -0.05) is 18.7 Å². The van der Waals surface area contributed by atoms with Crippen molar-refractivity contribution in [2.24, 2.45) is 0 Å². The first-order valence-electron chi connectivity index (χ1n) is 11.5. The van der Waals surface area contributed by atoms with Gasteiger partial charge in [0.05, 0.1) is 19.8 Å². The Morgan fingerprint density at radius 1 is 1.17 bits per heavy atom. The molecule has 0 saturated carbocycles. The molecule has 1 heterocycles. The second-order valence-corrected chi connectivity index (χ2v) is 9.99. The van der Waals surface area contributed by atoms with Crippen LogP contribution in [0.2, 0.25) is 0 Å². The zero-order valence-electron chi connectivity index (χ0n) is 22.2. The van der Waals surface area contributed by atoms with Crippen molar-refractivity contribution in [2.45, 2.75) is 52.0 Å². The van der Waals surface area contributed by atoms with Crippen LogP contribution in [0, 0.1) is 0 Å². The fourth-order valence-electron chi connectivity index (χ4n) is 3.99. The van der Waals surface area contributed by atoms with Gasteiger partial charge >= 0.3 is 0 Å². The predicted octanol–water partition coefficient (Wildman–Crippen LogP) is 5.28. The molecule has 35 heavy (non-hydrogen) atoms. The maximum atomic E-state index is 12.2. The van der Waals surface area contributed by atoms with E-state index < -0.39 is 11.4 Å². The van der Waals surface area contributed by atoms with Gasteiger partial charge in [0, 0.05) is 31.2 Å². The van der Waals surface area contributed by atoms with Gasteiger partial charge in [-0.3, -0.25) is 4.79 Å². The van der Waals surface area contributed by atoms with Crippen LogP contribution in [0.5, 0.6) is 0 Å². The van der Waals surface area contributed by atoms with Crippen molar-refractivity contribution in [3.63, 3.8) is 0 Å². The number of carbonyl (C=O) groups is 1. The van der Waals surface area contributed by atoms with Crippen LogP contribution in [-0.4, -0.2) is 57.2 Å². The number of hydrogen-bond donors (Lipinski definition) is 1. The molecule has 7 nitrogen and oxygen atoms in total. The normalized spacial score (nSPS) is 16.4. The van der Waals surface area contributed by atoms with E-state index in [9.17, 15) is 4.79 Å². The van der Waals surface area contributed by atoms with E-state index in [4.69, 9.17) is 23.7 Å². The topological polar surface area (TPSA) is 75.2 Å². The first-order chi connectivity index (χ1) is 16.6. The molecular weight excluding hydrogens is 466 g/mol. The van der Waals surface area contributed by atoms with Crippen molar-refractivity contribution >= 4 is 23.2 Å². The van der Waals surface area contributed by atoms with E-state index in [1.807, 2.05) is 45.9 Å². The number of rotatable bonds is 14. The average molecular weight is 506 g/mol. The number of benzene rings is 1. The minimum atomic E-state index is -0.750. The number of carbonyl (C=O) groups excluding carboxylic acids is 1. The van der Waals surface area contributed by atoms with E-state index in [0.29, 0.717) is 29.4 Å². The van der Waals surface area contributed by atoms with E-state index in [0.717, 1.165) is 28.9 Å². The highest BCUT2D eigenvalue weighted by atomic mass is 32.2. The summed E-state index contributed by atoms with van der Waals surface area (Å²) in [5.74, 6) is 1.40.